The molecule has 1 N–H and O–H groups in total. The second kappa shape index (κ2) is 7.77. The second-order valence-electron chi connectivity index (χ2n) is 5.97. The average Bonchev–Trinajstić information content (AvgIpc) is 2.90. The number of hydrazone groups is 1. The first-order valence-corrected chi connectivity index (χ1v) is 8.40. The first kappa shape index (κ1) is 15.5. The van der Waals surface area contributed by atoms with Gasteiger partial charge >= 0.3 is 0 Å². The minimum absolute atomic E-state index is 0.757. The first-order valence-electron chi connectivity index (χ1n) is 8.40. The van der Waals surface area contributed by atoms with Crippen LogP contribution in [0.15, 0.2) is 53.8 Å². The lowest BCUT2D eigenvalue weighted by atomic mass is 10.1. The first-order chi connectivity index (χ1) is 11.3. The quantitative estimate of drug-likeness (QED) is 0.676. The molecule has 3 rings (SSSR count). The van der Waals surface area contributed by atoms with Crippen LogP contribution in [-0.4, -0.2) is 23.8 Å². The Morgan fingerprint density at radius 1 is 1.00 bits per heavy atom. The van der Waals surface area contributed by atoms with Gasteiger partial charge in [-0.1, -0.05) is 31.0 Å². The molecular weight excluding hydrogens is 284 g/mol. The van der Waals surface area contributed by atoms with Gasteiger partial charge in [-0.2, -0.15) is 5.10 Å². The smallest absolute Gasteiger partial charge is 0.146 e. The van der Waals surface area contributed by atoms with E-state index >= 15 is 0 Å². The van der Waals surface area contributed by atoms with Crippen molar-refractivity contribution in [2.75, 3.05) is 23.4 Å². The van der Waals surface area contributed by atoms with Gasteiger partial charge in [0.1, 0.15) is 5.82 Å². The summed E-state index contributed by atoms with van der Waals surface area (Å²) in [6.07, 6.45) is 7.08. The Morgan fingerprint density at radius 2 is 1.74 bits per heavy atom. The maximum absolute atomic E-state index is 4.41. The standard InChI is InChI=1S/C19H24N4/c1-16(21-22-19-8-4-5-13-20-19)17-9-11-18(12-10-17)23-14-6-2-3-7-15-23/h4-5,8-13H,2-3,6-7,14-15H2,1H3,(H,20,22)/b21-16+. The fraction of sp³-hybridized carbons (Fsp3) is 0.368. The van der Waals surface area contributed by atoms with E-state index in [-0.39, 0.29) is 0 Å². The lowest BCUT2D eigenvalue weighted by Gasteiger charge is -2.22. The van der Waals surface area contributed by atoms with Crippen molar-refractivity contribution < 1.29 is 0 Å². The lowest BCUT2D eigenvalue weighted by Crippen LogP contribution is -2.23. The lowest BCUT2D eigenvalue weighted by molar-refractivity contribution is 0.726. The number of nitrogens with one attached hydrogen (secondary N) is 1. The minimum atomic E-state index is 0.757. The van der Waals surface area contributed by atoms with Gasteiger partial charge in [-0.25, -0.2) is 4.98 Å². The van der Waals surface area contributed by atoms with E-state index < -0.39 is 0 Å². The summed E-state index contributed by atoms with van der Waals surface area (Å²) in [5.74, 6) is 0.757. The number of hydrogen-bond donors (Lipinski definition) is 1. The third-order valence-corrected chi connectivity index (χ3v) is 4.26. The predicted molar refractivity (Wildman–Crippen MR) is 97.2 cm³/mol. The highest BCUT2D eigenvalue weighted by atomic mass is 15.3. The van der Waals surface area contributed by atoms with E-state index in [0.717, 1.165) is 17.1 Å². The minimum Gasteiger partial charge on any atom is -0.372 e. The summed E-state index contributed by atoms with van der Waals surface area (Å²) in [4.78, 5) is 6.70. The van der Waals surface area contributed by atoms with Crippen LogP contribution < -0.4 is 10.3 Å². The van der Waals surface area contributed by atoms with Crippen LogP contribution in [0, 0.1) is 0 Å². The van der Waals surface area contributed by atoms with Crippen molar-refractivity contribution in [1.82, 2.24) is 4.98 Å². The molecule has 1 aromatic heterocycles. The van der Waals surface area contributed by atoms with Gasteiger partial charge in [-0.3, -0.25) is 5.43 Å². The molecule has 2 aromatic rings. The molecule has 0 bridgehead atoms. The van der Waals surface area contributed by atoms with Crippen LogP contribution in [0.3, 0.4) is 0 Å². The Balaban J connectivity index is 1.66. The Hall–Kier alpha value is -2.36. The van der Waals surface area contributed by atoms with E-state index in [4.69, 9.17) is 0 Å². The third-order valence-electron chi connectivity index (χ3n) is 4.26. The van der Waals surface area contributed by atoms with Gasteiger partial charge in [0.05, 0.1) is 5.71 Å². The van der Waals surface area contributed by atoms with Crippen LogP contribution in [0.25, 0.3) is 0 Å². The molecule has 120 valence electrons. The average molecular weight is 308 g/mol. The molecule has 0 amide bonds. The van der Waals surface area contributed by atoms with Crippen molar-refractivity contribution in [3.8, 4) is 0 Å². The van der Waals surface area contributed by atoms with Gasteiger partial charge < -0.3 is 4.90 Å². The van der Waals surface area contributed by atoms with E-state index in [1.165, 1.54) is 44.5 Å². The van der Waals surface area contributed by atoms with Crippen molar-refractivity contribution >= 4 is 17.2 Å². The molecule has 0 aliphatic carbocycles. The van der Waals surface area contributed by atoms with Crippen LogP contribution in [0.2, 0.25) is 0 Å². The molecule has 1 aliphatic rings. The zero-order valence-electron chi connectivity index (χ0n) is 13.7. The molecule has 0 spiro atoms. The van der Waals surface area contributed by atoms with Crippen molar-refractivity contribution in [3.05, 3.63) is 54.2 Å². The largest absolute Gasteiger partial charge is 0.372 e. The molecule has 0 saturated carbocycles. The molecule has 1 fully saturated rings. The summed E-state index contributed by atoms with van der Waals surface area (Å²) < 4.78 is 0. The molecule has 4 nitrogen and oxygen atoms in total. The SMILES string of the molecule is C/C(=N\Nc1ccccn1)c1ccc(N2CCCCCC2)cc1. The van der Waals surface area contributed by atoms with Crippen LogP contribution in [-0.2, 0) is 0 Å². The number of rotatable bonds is 4. The summed E-state index contributed by atoms with van der Waals surface area (Å²) in [7, 11) is 0. The molecule has 2 heterocycles. The normalized spacial score (nSPS) is 16.0. The molecule has 0 atom stereocenters. The van der Waals surface area contributed by atoms with Gasteiger partial charge in [-0.15, -0.1) is 0 Å². The maximum Gasteiger partial charge on any atom is 0.146 e. The zero-order chi connectivity index (χ0) is 15.9. The highest BCUT2D eigenvalue weighted by molar-refractivity contribution is 5.99. The number of pyridine rings is 1. The van der Waals surface area contributed by atoms with E-state index in [9.17, 15) is 0 Å². The fourth-order valence-corrected chi connectivity index (χ4v) is 2.88. The molecular formula is C19H24N4. The molecule has 0 radical (unpaired) electrons. The number of hydrogen-bond acceptors (Lipinski definition) is 4. The van der Waals surface area contributed by atoms with E-state index in [1.54, 1.807) is 6.20 Å². The van der Waals surface area contributed by atoms with Crippen molar-refractivity contribution in [1.29, 1.82) is 0 Å². The number of aromatic nitrogens is 1. The van der Waals surface area contributed by atoms with Crippen LogP contribution in [0.4, 0.5) is 11.5 Å². The summed E-state index contributed by atoms with van der Waals surface area (Å²) >= 11 is 0. The topological polar surface area (TPSA) is 40.5 Å². The fourth-order valence-electron chi connectivity index (χ4n) is 2.88. The third kappa shape index (κ3) is 4.31. The summed E-state index contributed by atoms with van der Waals surface area (Å²) in [6.45, 7) is 4.36. The van der Waals surface area contributed by atoms with E-state index in [1.807, 2.05) is 25.1 Å². The molecule has 23 heavy (non-hydrogen) atoms. The molecule has 4 heteroatoms. The van der Waals surface area contributed by atoms with Crippen LogP contribution in [0.5, 0.6) is 0 Å². The maximum atomic E-state index is 4.41. The second-order valence-corrected chi connectivity index (χ2v) is 5.97. The number of anilines is 2. The molecule has 1 saturated heterocycles. The van der Waals surface area contributed by atoms with Gasteiger partial charge in [0.15, 0.2) is 0 Å². The van der Waals surface area contributed by atoms with Crippen LogP contribution >= 0.6 is 0 Å². The highest BCUT2D eigenvalue weighted by Gasteiger charge is 2.09. The van der Waals surface area contributed by atoms with E-state index in [2.05, 4.69) is 44.7 Å². The summed E-state index contributed by atoms with van der Waals surface area (Å²) in [5.41, 5.74) is 6.40. The van der Waals surface area contributed by atoms with Gasteiger partial charge in [-0.05, 0) is 49.6 Å². The van der Waals surface area contributed by atoms with Crippen molar-refractivity contribution in [3.63, 3.8) is 0 Å². The van der Waals surface area contributed by atoms with Gasteiger partial charge in [0.2, 0.25) is 0 Å². The zero-order valence-corrected chi connectivity index (χ0v) is 13.7. The van der Waals surface area contributed by atoms with Crippen LogP contribution in [0.1, 0.15) is 38.2 Å². The van der Waals surface area contributed by atoms with E-state index in [0.29, 0.717) is 0 Å². The van der Waals surface area contributed by atoms with Gasteiger partial charge in [0.25, 0.3) is 0 Å². The van der Waals surface area contributed by atoms with Crippen molar-refractivity contribution in [2.45, 2.75) is 32.6 Å². The summed E-state index contributed by atoms with van der Waals surface area (Å²) in [5, 5.41) is 4.41. The predicted octanol–water partition coefficient (Wildman–Crippen LogP) is 4.30. The Bertz CT molecular complexity index is 626. The number of benzene rings is 1. The Labute approximate surface area is 138 Å². The number of nitrogens with zero attached hydrogens (tertiary/aromatic N) is 3. The molecule has 1 aliphatic heterocycles. The Morgan fingerprint density at radius 3 is 2.39 bits per heavy atom. The Kier molecular flexibility index (Phi) is 5.25. The molecule has 0 unspecified atom stereocenters. The monoisotopic (exact) mass is 308 g/mol. The summed E-state index contributed by atoms with van der Waals surface area (Å²) in [6, 6.07) is 14.5. The van der Waals surface area contributed by atoms with Gasteiger partial charge in [0, 0.05) is 25.0 Å². The molecule has 1 aromatic carbocycles. The van der Waals surface area contributed by atoms with Crippen molar-refractivity contribution in [2.24, 2.45) is 5.10 Å². The highest BCUT2D eigenvalue weighted by Crippen LogP contribution is 2.20.